The second-order valence-corrected chi connectivity index (χ2v) is 5.12. The summed E-state index contributed by atoms with van der Waals surface area (Å²) in [5.41, 5.74) is 0.210. The van der Waals surface area contributed by atoms with Gasteiger partial charge < -0.3 is 15.4 Å². The van der Waals surface area contributed by atoms with Crippen LogP contribution in [0.3, 0.4) is 0 Å². The van der Waals surface area contributed by atoms with Crippen LogP contribution in [0.4, 0.5) is 5.82 Å². The van der Waals surface area contributed by atoms with Gasteiger partial charge in [-0.2, -0.15) is 0 Å². The molecule has 1 heterocycles. The summed E-state index contributed by atoms with van der Waals surface area (Å²) in [6.45, 7) is 0.564. The maximum atomic E-state index is 11.7. The van der Waals surface area contributed by atoms with E-state index in [9.17, 15) is 14.9 Å². The van der Waals surface area contributed by atoms with Gasteiger partial charge in [-0.05, 0) is 36.2 Å². The molecule has 2 N–H and O–H groups in total. The van der Waals surface area contributed by atoms with Crippen LogP contribution in [0.15, 0.2) is 12.1 Å². The molecule has 1 aromatic heterocycles. The molecule has 0 aliphatic heterocycles. The maximum Gasteiger partial charge on any atom is 0.321 e. The van der Waals surface area contributed by atoms with Crippen molar-refractivity contribution in [2.75, 3.05) is 6.54 Å². The average Bonchev–Trinajstić information content (AvgIpc) is 2.94. The number of H-pyrrole nitrogens is 1. The normalized spacial score (nSPS) is 22.9. The number of hydrogen-bond donors (Lipinski definition) is 2. The lowest BCUT2D eigenvalue weighted by Crippen LogP contribution is -2.28. The third kappa shape index (κ3) is 3.01. The van der Waals surface area contributed by atoms with Gasteiger partial charge in [0.2, 0.25) is 0 Å². The molecule has 1 aliphatic carbocycles. The van der Waals surface area contributed by atoms with Gasteiger partial charge in [0.1, 0.15) is 0 Å². The molecule has 6 nitrogen and oxygen atoms in total. The van der Waals surface area contributed by atoms with Gasteiger partial charge >= 0.3 is 5.82 Å². The summed E-state index contributed by atoms with van der Waals surface area (Å²) in [4.78, 5) is 24.1. The summed E-state index contributed by atoms with van der Waals surface area (Å²) in [7, 11) is 0. The van der Waals surface area contributed by atoms with E-state index in [1.807, 2.05) is 0 Å². The lowest BCUT2D eigenvalue weighted by Gasteiger charge is -2.09. The van der Waals surface area contributed by atoms with Crippen LogP contribution in [-0.4, -0.2) is 27.7 Å². The predicted octanol–water partition coefficient (Wildman–Crippen LogP) is 2.06. The monoisotopic (exact) mass is 271 g/mol. The highest BCUT2D eigenvalue weighted by Crippen LogP contribution is 2.28. The molecular weight excluding hydrogens is 258 g/mol. The second-order valence-electron chi connectivity index (χ2n) is 4.50. The van der Waals surface area contributed by atoms with Crippen LogP contribution >= 0.6 is 11.6 Å². The lowest BCUT2D eigenvalue weighted by molar-refractivity contribution is -0.389. The van der Waals surface area contributed by atoms with E-state index in [2.05, 4.69) is 10.3 Å². The number of aromatic amines is 1. The zero-order chi connectivity index (χ0) is 13.1. The number of aromatic nitrogens is 1. The van der Waals surface area contributed by atoms with Gasteiger partial charge in [0.25, 0.3) is 5.91 Å². The van der Waals surface area contributed by atoms with Crippen molar-refractivity contribution >= 4 is 23.3 Å². The molecule has 0 aromatic carbocycles. The lowest BCUT2D eigenvalue weighted by atomic mass is 10.1. The van der Waals surface area contributed by atoms with E-state index in [4.69, 9.17) is 11.6 Å². The largest absolute Gasteiger partial charge is 0.358 e. The van der Waals surface area contributed by atoms with Crippen LogP contribution < -0.4 is 5.32 Å². The minimum Gasteiger partial charge on any atom is -0.358 e. The van der Waals surface area contributed by atoms with Crippen molar-refractivity contribution in [1.29, 1.82) is 0 Å². The van der Waals surface area contributed by atoms with Crippen molar-refractivity contribution in [3.05, 3.63) is 27.9 Å². The topological polar surface area (TPSA) is 88.0 Å². The van der Waals surface area contributed by atoms with Crippen LogP contribution in [0.1, 0.15) is 29.8 Å². The maximum absolute atomic E-state index is 11.7. The van der Waals surface area contributed by atoms with Crippen LogP contribution in [0.25, 0.3) is 0 Å². The highest BCUT2D eigenvalue weighted by molar-refractivity contribution is 6.20. The first-order valence-electron chi connectivity index (χ1n) is 5.82. The van der Waals surface area contributed by atoms with Crippen molar-refractivity contribution in [2.45, 2.75) is 24.6 Å². The zero-order valence-corrected chi connectivity index (χ0v) is 10.4. The number of rotatable bonds is 4. The third-order valence-electron chi connectivity index (χ3n) is 3.14. The summed E-state index contributed by atoms with van der Waals surface area (Å²) < 4.78 is 0. The molecule has 0 saturated heterocycles. The Morgan fingerprint density at radius 1 is 1.56 bits per heavy atom. The number of halogens is 1. The SMILES string of the molecule is O=C(NCC1CCC(Cl)C1)c1ccc([N+](=O)[O-])[nH]1. The summed E-state index contributed by atoms with van der Waals surface area (Å²) in [5.74, 6) is -0.0932. The Morgan fingerprint density at radius 2 is 2.33 bits per heavy atom. The molecule has 1 aliphatic rings. The van der Waals surface area contributed by atoms with Gasteiger partial charge in [-0.1, -0.05) is 0 Å². The number of nitrogens with zero attached hydrogens (tertiary/aromatic N) is 1. The molecule has 1 aromatic rings. The first-order chi connectivity index (χ1) is 8.56. The van der Waals surface area contributed by atoms with E-state index in [0.29, 0.717) is 12.5 Å². The standard InChI is InChI=1S/C11H14ClN3O3/c12-8-2-1-7(5-8)6-13-11(16)9-3-4-10(14-9)15(17)18/h3-4,7-8,14H,1-2,5-6H2,(H,13,16). The van der Waals surface area contributed by atoms with Crippen molar-refractivity contribution in [2.24, 2.45) is 5.92 Å². The number of carbonyl (C=O) groups is 1. The van der Waals surface area contributed by atoms with Crippen LogP contribution in [0, 0.1) is 16.0 Å². The molecule has 0 bridgehead atoms. The quantitative estimate of drug-likeness (QED) is 0.499. The Labute approximate surface area is 109 Å². The van der Waals surface area contributed by atoms with Gasteiger partial charge in [0, 0.05) is 18.0 Å². The minimum absolute atomic E-state index is 0.179. The highest BCUT2D eigenvalue weighted by Gasteiger charge is 2.24. The fourth-order valence-electron chi connectivity index (χ4n) is 2.15. The van der Waals surface area contributed by atoms with Crippen molar-refractivity contribution in [1.82, 2.24) is 10.3 Å². The van der Waals surface area contributed by atoms with Crippen molar-refractivity contribution in [3.8, 4) is 0 Å². The van der Waals surface area contributed by atoms with Gasteiger partial charge in [-0.15, -0.1) is 11.6 Å². The fourth-order valence-corrected chi connectivity index (χ4v) is 2.53. The van der Waals surface area contributed by atoms with E-state index < -0.39 is 4.92 Å². The molecule has 2 atom stereocenters. The second kappa shape index (κ2) is 5.39. The summed E-state index contributed by atoms with van der Waals surface area (Å²) in [6.07, 6.45) is 2.90. The summed E-state index contributed by atoms with van der Waals surface area (Å²) in [6, 6.07) is 2.69. The zero-order valence-electron chi connectivity index (χ0n) is 9.69. The molecule has 18 heavy (non-hydrogen) atoms. The number of amides is 1. The smallest absolute Gasteiger partial charge is 0.321 e. The number of nitrogens with one attached hydrogen (secondary N) is 2. The van der Waals surface area contributed by atoms with E-state index >= 15 is 0 Å². The molecule has 0 radical (unpaired) electrons. The predicted molar refractivity (Wildman–Crippen MR) is 66.8 cm³/mol. The summed E-state index contributed by atoms with van der Waals surface area (Å²) >= 11 is 5.98. The van der Waals surface area contributed by atoms with Gasteiger partial charge in [-0.25, -0.2) is 4.98 Å². The molecule has 2 rings (SSSR count). The molecule has 1 amide bonds. The van der Waals surface area contributed by atoms with Gasteiger partial charge in [0.05, 0.1) is 0 Å². The number of carbonyl (C=O) groups excluding carboxylic acids is 1. The average molecular weight is 272 g/mol. The third-order valence-corrected chi connectivity index (χ3v) is 3.54. The molecule has 1 fully saturated rings. The van der Waals surface area contributed by atoms with Gasteiger partial charge in [-0.3, -0.25) is 4.79 Å². The van der Waals surface area contributed by atoms with E-state index in [1.54, 1.807) is 0 Å². The molecule has 0 spiro atoms. The first-order valence-corrected chi connectivity index (χ1v) is 6.25. The Balaban J connectivity index is 1.85. The van der Waals surface area contributed by atoms with E-state index in [0.717, 1.165) is 19.3 Å². The number of alkyl halides is 1. The fraction of sp³-hybridized carbons (Fsp3) is 0.545. The Bertz CT molecular complexity index is 460. The molecular formula is C11H14ClN3O3. The van der Waals surface area contributed by atoms with E-state index in [-0.39, 0.29) is 22.8 Å². The van der Waals surface area contributed by atoms with E-state index in [1.165, 1.54) is 12.1 Å². The Hall–Kier alpha value is -1.56. The van der Waals surface area contributed by atoms with Crippen LogP contribution in [-0.2, 0) is 0 Å². The molecule has 1 saturated carbocycles. The first kappa shape index (κ1) is 12.9. The summed E-state index contributed by atoms with van der Waals surface area (Å²) in [5, 5.41) is 13.4. The van der Waals surface area contributed by atoms with Crippen LogP contribution in [0.2, 0.25) is 0 Å². The molecule has 2 unspecified atom stereocenters. The van der Waals surface area contributed by atoms with Crippen molar-refractivity contribution < 1.29 is 9.72 Å². The van der Waals surface area contributed by atoms with Crippen molar-refractivity contribution in [3.63, 3.8) is 0 Å². The van der Waals surface area contributed by atoms with Crippen LogP contribution in [0.5, 0.6) is 0 Å². The number of nitro groups is 1. The Kier molecular flexibility index (Phi) is 3.86. The minimum atomic E-state index is -0.564. The highest BCUT2D eigenvalue weighted by atomic mass is 35.5. The molecule has 98 valence electrons. The van der Waals surface area contributed by atoms with Gasteiger partial charge in [0.15, 0.2) is 5.69 Å². The Morgan fingerprint density at radius 3 is 2.89 bits per heavy atom. The molecule has 7 heteroatoms. The number of hydrogen-bond acceptors (Lipinski definition) is 3.